The van der Waals surface area contributed by atoms with Gasteiger partial charge in [-0.1, -0.05) is 84.4 Å². The van der Waals surface area contributed by atoms with Crippen molar-refractivity contribution in [2.75, 3.05) is 9.80 Å². The maximum atomic E-state index is 13.2. The standard InChI is InChI=1S/C20H14N2O2S4/c1-11-7-3-5-9-13(11)21-17(23)15(27-19(21)25)16-18(24)22(20(26)28-16)14-10-6-4-8-12(14)2/h3-10H,1-2H3/b16-15+. The summed E-state index contributed by atoms with van der Waals surface area (Å²) < 4.78 is 0.825. The molecule has 140 valence electrons. The van der Waals surface area contributed by atoms with E-state index in [0.717, 1.165) is 46.0 Å². The number of hydrogen-bond donors (Lipinski definition) is 0. The number of anilines is 2. The molecule has 28 heavy (non-hydrogen) atoms. The van der Waals surface area contributed by atoms with Crippen molar-refractivity contribution in [3.8, 4) is 0 Å². The van der Waals surface area contributed by atoms with E-state index in [-0.39, 0.29) is 11.8 Å². The molecule has 2 aliphatic heterocycles. The summed E-state index contributed by atoms with van der Waals surface area (Å²) in [6.45, 7) is 3.84. The van der Waals surface area contributed by atoms with Crippen LogP contribution in [0.25, 0.3) is 0 Å². The van der Waals surface area contributed by atoms with Crippen molar-refractivity contribution < 1.29 is 9.59 Å². The van der Waals surface area contributed by atoms with Crippen LogP contribution in [-0.4, -0.2) is 20.5 Å². The van der Waals surface area contributed by atoms with E-state index in [1.165, 1.54) is 9.80 Å². The summed E-state index contributed by atoms with van der Waals surface area (Å²) in [5.74, 6) is -0.566. The Bertz CT molecular complexity index is 1010. The largest absolute Gasteiger partial charge is 0.272 e. The predicted octanol–water partition coefficient (Wildman–Crippen LogP) is 4.94. The number of hydrogen-bond acceptors (Lipinski definition) is 6. The molecule has 0 saturated carbocycles. The molecule has 2 saturated heterocycles. The first kappa shape index (κ1) is 19.3. The maximum absolute atomic E-state index is 13.2. The minimum atomic E-state index is -0.283. The average molecular weight is 443 g/mol. The van der Waals surface area contributed by atoms with Crippen LogP contribution in [-0.2, 0) is 9.59 Å². The molecular weight excluding hydrogens is 429 g/mol. The summed E-state index contributed by atoms with van der Waals surface area (Å²) in [7, 11) is 0. The van der Waals surface area contributed by atoms with Gasteiger partial charge in [-0.25, -0.2) is 0 Å². The Kier molecular flexibility index (Phi) is 5.13. The quantitative estimate of drug-likeness (QED) is 0.484. The van der Waals surface area contributed by atoms with E-state index in [1.54, 1.807) is 0 Å². The number of para-hydroxylation sites is 2. The van der Waals surface area contributed by atoms with Crippen molar-refractivity contribution in [1.29, 1.82) is 0 Å². The summed E-state index contributed by atoms with van der Waals surface area (Å²) in [6.07, 6.45) is 0. The predicted molar refractivity (Wildman–Crippen MR) is 125 cm³/mol. The van der Waals surface area contributed by atoms with Gasteiger partial charge in [-0.15, -0.1) is 0 Å². The molecule has 4 rings (SSSR count). The van der Waals surface area contributed by atoms with E-state index in [4.69, 9.17) is 24.4 Å². The molecule has 2 heterocycles. The third kappa shape index (κ3) is 3.10. The minimum absolute atomic E-state index is 0.283. The monoisotopic (exact) mass is 442 g/mol. The Labute approximate surface area is 182 Å². The van der Waals surface area contributed by atoms with E-state index in [1.807, 2.05) is 62.4 Å². The van der Waals surface area contributed by atoms with Crippen molar-refractivity contribution >= 4 is 79.8 Å². The molecule has 0 unspecified atom stereocenters. The lowest BCUT2D eigenvalue weighted by molar-refractivity contribution is -0.115. The molecule has 2 aliphatic rings. The number of thiocarbonyl (C=S) groups is 2. The highest BCUT2D eigenvalue weighted by Crippen LogP contribution is 2.45. The molecule has 0 aliphatic carbocycles. The SMILES string of the molecule is Cc1ccccc1N1C(=O)/C(=C2\SC(=S)N(c3ccccc3C)C2=O)SC1=S. The number of rotatable bonds is 2. The fraction of sp³-hybridized carbons (Fsp3) is 0.100. The molecule has 0 spiro atoms. The van der Waals surface area contributed by atoms with Gasteiger partial charge >= 0.3 is 0 Å². The molecule has 2 fully saturated rings. The second kappa shape index (κ2) is 7.44. The molecule has 2 aromatic rings. The van der Waals surface area contributed by atoms with Crippen molar-refractivity contribution in [1.82, 2.24) is 0 Å². The van der Waals surface area contributed by atoms with Gasteiger partial charge in [0.2, 0.25) is 0 Å². The summed E-state index contributed by atoms with van der Waals surface area (Å²) in [5.41, 5.74) is 3.34. The second-order valence-electron chi connectivity index (χ2n) is 6.25. The van der Waals surface area contributed by atoms with E-state index in [0.29, 0.717) is 18.5 Å². The Morgan fingerprint density at radius 3 is 1.39 bits per heavy atom. The topological polar surface area (TPSA) is 40.6 Å². The second-order valence-corrected chi connectivity index (χ2v) is 9.54. The van der Waals surface area contributed by atoms with Crippen molar-refractivity contribution in [2.45, 2.75) is 13.8 Å². The first-order valence-electron chi connectivity index (χ1n) is 8.38. The fourth-order valence-electron chi connectivity index (χ4n) is 3.05. The van der Waals surface area contributed by atoms with E-state index in [2.05, 4.69) is 0 Å². The van der Waals surface area contributed by atoms with Crippen LogP contribution in [0, 0.1) is 13.8 Å². The zero-order valence-electron chi connectivity index (χ0n) is 15.0. The number of aryl methyl sites for hydroxylation is 2. The van der Waals surface area contributed by atoms with E-state index in [9.17, 15) is 9.59 Å². The molecule has 0 aromatic heterocycles. The summed E-state index contributed by atoms with van der Waals surface area (Å²) in [5, 5.41) is 0. The van der Waals surface area contributed by atoms with Crippen molar-refractivity contribution in [3.63, 3.8) is 0 Å². The number of benzene rings is 2. The first-order chi connectivity index (χ1) is 13.4. The Balaban J connectivity index is 1.75. The van der Waals surface area contributed by atoms with Crippen molar-refractivity contribution in [2.24, 2.45) is 0 Å². The van der Waals surface area contributed by atoms with E-state index < -0.39 is 0 Å². The van der Waals surface area contributed by atoms with Gasteiger partial charge in [0.1, 0.15) is 0 Å². The molecule has 0 bridgehead atoms. The summed E-state index contributed by atoms with van der Waals surface area (Å²) >= 11 is 13.2. The van der Waals surface area contributed by atoms with Crippen molar-refractivity contribution in [3.05, 3.63) is 69.5 Å². The Morgan fingerprint density at radius 2 is 1.04 bits per heavy atom. The average Bonchev–Trinajstić information content (AvgIpc) is 3.12. The Morgan fingerprint density at radius 1 is 0.679 bits per heavy atom. The molecule has 0 atom stereocenters. The molecule has 2 amide bonds. The fourth-order valence-corrected chi connectivity index (χ4v) is 5.78. The molecule has 4 nitrogen and oxygen atoms in total. The molecule has 0 N–H and O–H groups in total. The third-order valence-electron chi connectivity index (χ3n) is 4.46. The lowest BCUT2D eigenvalue weighted by Gasteiger charge is -2.17. The third-order valence-corrected chi connectivity index (χ3v) is 7.33. The molecule has 0 radical (unpaired) electrons. The van der Waals surface area contributed by atoms with Gasteiger partial charge in [-0.05, 0) is 37.1 Å². The number of amides is 2. The van der Waals surface area contributed by atoms with Crippen LogP contribution in [0.1, 0.15) is 11.1 Å². The van der Waals surface area contributed by atoms with Crippen LogP contribution in [0.2, 0.25) is 0 Å². The number of carbonyl (C=O) groups excluding carboxylic acids is 2. The highest BCUT2D eigenvalue weighted by Gasteiger charge is 2.43. The van der Waals surface area contributed by atoms with Gasteiger partial charge in [-0.2, -0.15) is 0 Å². The van der Waals surface area contributed by atoms with Gasteiger partial charge in [0.25, 0.3) is 11.8 Å². The van der Waals surface area contributed by atoms with Crippen LogP contribution < -0.4 is 9.80 Å². The van der Waals surface area contributed by atoms with Gasteiger partial charge in [-0.3, -0.25) is 19.4 Å². The minimum Gasteiger partial charge on any atom is -0.268 e. The zero-order valence-corrected chi connectivity index (χ0v) is 18.2. The molecule has 8 heteroatoms. The highest BCUT2D eigenvalue weighted by atomic mass is 32.2. The van der Waals surface area contributed by atoms with Crippen LogP contribution >= 0.6 is 48.0 Å². The Hall–Kier alpha value is -2.00. The van der Waals surface area contributed by atoms with Gasteiger partial charge < -0.3 is 0 Å². The normalized spacial score (nSPS) is 19.9. The molecular formula is C20H14N2O2S4. The van der Waals surface area contributed by atoms with Gasteiger partial charge in [0, 0.05) is 0 Å². The summed E-state index contributed by atoms with van der Waals surface area (Å²) in [6, 6.07) is 15.1. The van der Waals surface area contributed by atoms with Crippen LogP contribution in [0.15, 0.2) is 58.3 Å². The van der Waals surface area contributed by atoms with Gasteiger partial charge in [0.15, 0.2) is 8.64 Å². The smallest absolute Gasteiger partial charge is 0.268 e. The number of nitrogens with zero attached hydrogens (tertiary/aromatic N) is 2. The van der Waals surface area contributed by atoms with Crippen LogP contribution in [0.3, 0.4) is 0 Å². The lowest BCUT2D eigenvalue weighted by Crippen LogP contribution is -2.30. The van der Waals surface area contributed by atoms with Crippen LogP contribution in [0.4, 0.5) is 11.4 Å². The van der Waals surface area contributed by atoms with Crippen LogP contribution in [0.5, 0.6) is 0 Å². The van der Waals surface area contributed by atoms with E-state index >= 15 is 0 Å². The zero-order chi connectivity index (χ0) is 20.0. The first-order valence-corrected chi connectivity index (χ1v) is 10.8. The van der Waals surface area contributed by atoms with Gasteiger partial charge in [0.05, 0.1) is 21.2 Å². The number of thioether (sulfide) groups is 2. The lowest BCUT2D eigenvalue weighted by atomic mass is 10.2. The molecule has 2 aromatic carbocycles. The maximum Gasteiger partial charge on any atom is 0.272 e. The summed E-state index contributed by atoms with van der Waals surface area (Å²) in [4.78, 5) is 30.0. The number of carbonyl (C=O) groups is 2. The highest BCUT2D eigenvalue weighted by molar-refractivity contribution is 8.30.